The maximum absolute atomic E-state index is 13.2. The molecule has 0 spiro atoms. The second-order valence-electron chi connectivity index (χ2n) is 7.12. The molecule has 0 aromatic heterocycles. The Hall–Kier alpha value is -3.69. The summed E-state index contributed by atoms with van der Waals surface area (Å²) in [6, 6.07) is 15.5. The molecule has 34 heavy (non-hydrogen) atoms. The maximum atomic E-state index is 13.2. The molecule has 3 rings (SSSR count). The standard InChI is InChI=1S/C24H19BrClN3O5/c1-14-3-7-17(26)13-20(14)27-24(31)21(11-15-4-8-18(9-5-15)29(32)33)28-23(30)19-12-16(25)6-10-22(19)34-2/h3-13H,1-2H3,(H,27,31)(H,28,30)/b21-11-. The van der Waals surface area contributed by atoms with Crippen LogP contribution in [0.3, 0.4) is 0 Å². The van der Waals surface area contributed by atoms with Crippen molar-refractivity contribution in [2.24, 2.45) is 0 Å². The van der Waals surface area contributed by atoms with E-state index in [4.69, 9.17) is 16.3 Å². The summed E-state index contributed by atoms with van der Waals surface area (Å²) in [4.78, 5) is 36.6. The monoisotopic (exact) mass is 543 g/mol. The third-order valence-electron chi connectivity index (χ3n) is 4.76. The lowest BCUT2D eigenvalue weighted by molar-refractivity contribution is -0.384. The Balaban J connectivity index is 1.98. The summed E-state index contributed by atoms with van der Waals surface area (Å²) in [6.45, 7) is 1.80. The van der Waals surface area contributed by atoms with E-state index >= 15 is 0 Å². The van der Waals surface area contributed by atoms with Crippen molar-refractivity contribution in [2.75, 3.05) is 12.4 Å². The minimum absolute atomic E-state index is 0.0831. The van der Waals surface area contributed by atoms with Crippen LogP contribution in [-0.2, 0) is 4.79 Å². The number of non-ortho nitro benzene ring substituents is 1. The molecular formula is C24H19BrClN3O5. The van der Waals surface area contributed by atoms with E-state index in [2.05, 4.69) is 26.6 Å². The van der Waals surface area contributed by atoms with Crippen molar-refractivity contribution in [1.82, 2.24) is 5.32 Å². The van der Waals surface area contributed by atoms with Gasteiger partial charge in [-0.05, 0) is 66.6 Å². The van der Waals surface area contributed by atoms with Crippen LogP contribution in [0.4, 0.5) is 11.4 Å². The Morgan fingerprint density at radius 2 is 1.79 bits per heavy atom. The molecule has 174 valence electrons. The molecule has 10 heteroatoms. The quantitative estimate of drug-likeness (QED) is 0.224. The number of carbonyl (C=O) groups excluding carboxylic acids is 2. The molecule has 0 radical (unpaired) electrons. The summed E-state index contributed by atoms with van der Waals surface area (Å²) in [5.74, 6) is -0.864. The van der Waals surface area contributed by atoms with Crippen LogP contribution < -0.4 is 15.4 Å². The van der Waals surface area contributed by atoms with Crippen LogP contribution in [0.1, 0.15) is 21.5 Å². The van der Waals surface area contributed by atoms with Gasteiger partial charge < -0.3 is 15.4 Å². The summed E-state index contributed by atoms with van der Waals surface area (Å²) < 4.78 is 5.91. The Labute approximate surface area is 208 Å². The molecule has 0 aliphatic carbocycles. The summed E-state index contributed by atoms with van der Waals surface area (Å²) in [5, 5.41) is 16.7. The van der Waals surface area contributed by atoms with Gasteiger partial charge >= 0.3 is 0 Å². The van der Waals surface area contributed by atoms with Crippen molar-refractivity contribution >= 4 is 56.8 Å². The highest BCUT2D eigenvalue weighted by Gasteiger charge is 2.19. The zero-order chi connectivity index (χ0) is 24.8. The molecule has 0 saturated heterocycles. The number of benzene rings is 3. The van der Waals surface area contributed by atoms with Gasteiger partial charge in [-0.3, -0.25) is 19.7 Å². The topological polar surface area (TPSA) is 111 Å². The van der Waals surface area contributed by atoms with Gasteiger partial charge in [0.15, 0.2) is 0 Å². The second kappa shape index (κ2) is 11.0. The van der Waals surface area contributed by atoms with Gasteiger partial charge in [-0.15, -0.1) is 0 Å². The van der Waals surface area contributed by atoms with Crippen LogP contribution in [0.25, 0.3) is 6.08 Å². The molecule has 0 unspecified atom stereocenters. The lowest BCUT2D eigenvalue weighted by atomic mass is 10.1. The van der Waals surface area contributed by atoms with E-state index in [1.54, 1.807) is 43.3 Å². The normalized spacial score (nSPS) is 11.0. The van der Waals surface area contributed by atoms with Crippen LogP contribution in [0, 0.1) is 17.0 Å². The first-order valence-corrected chi connectivity index (χ1v) is 11.0. The maximum Gasteiger partial charge on any atom is 0.272 e. The first-order valence-electron chi connectivity index (χ1n) is 9.86. The number of nitro benzene ring substituents is 1. The lowest BCUT2D eigenvalue weighted by Gasteiger charge is -2.14. The molecule has 2 amide bonds. The van der Waals surface area contributed by atoms with Gasteiger partial charge in [0, 0.05) is 27.3 Å². The van der Waals surface area contributed by atoms with Crippen molar-refractivity contribution < 1.29 is 19.2 Å². The predicted molar refractivity (Wildman–Crippen MR) is 134 cm³/mol. The van der Waals surface area contributed by atoms with E-state index in [1.807, 2.05) is 0 Å². The highest BCUT2D eigenvalue weighted by Crippen LogP contribution is 2.24. The molecule has 0 bridgehead atoms. The van der Waals surface area contributed by atoms with E-state index < -0.39 is 16.7 Å². The van der Waals surface area contributed by atoms with Crippen LogP contribution in [-0.4, -0.2) is 23.8 Å². The Morgan fingerprint density at radius 1 is 1.09 bits per heavy atom. The molecule has 8 nitrogen and oxygen atoms in total. The Kier molecular flexibility index (Phi) is 8.04. The zero-order valence-corrected chi connectivity index (χ0v) is 20.4. The van der Waals surface area contributed by atoms with Gasteiger partial charge in [0.2, 0.25) is 0 Å². The number of rotatable bonds is 7. The SMILES string of the molecule is COc1ccc(Br)cc1C(=O)N/C(=C\c1ccc([N+](=O)[O-])cc1)C(=O)Nc1cc(Cl)ccc1C. The number of nitrogens with one attached hydrogen (secondary N) is 2. The molecule has 0 heterocycles. The largest absolute Gasteiger partial charge is 0.496 e. The third kappa shape index (κ3) is 6.21. The van der Waals surface area contributed by atoms with Crippen LogP contribution in [0.5, 0.6) is 5.75 Å². The molecule has 0 aliphatic rings. The van der Waals surface area contributed by atoms with E-state index in [-0.39, 0.29) is 16.9 Å². The van der Waals surface area contributed by atoms with Crippen molar-refractivity contribution in [2.45, 2.75) is 6.92 Å². The van der Waals surface area contributed by atoms with Gasteiger partial charge in [0.1, 0.15) is 11.4 Å². The van der Waals surface area contributed by atoms with Crippen molar-refractivity contribution in [3.63, 3.8) is 0 Å². The van der Waals surface area contributed by atoms with Crippen LogP contribution in [0.15, 0.2) is 70.8 Å². The molecule has 3 aromatic carbocycles. The first kappa shape index (κ1) is 24.9. The zero-order valence-electron chi connectivity index (χ0n) is 18.1. The van der Waals surface area contributed by atoms with Gasteiger partial charge in [-0.2, -0.15) is 0 Å². The minimum Gasteiger partial charge on any atom is -0.496 e. The van der Waals surface area contributed by atoms with E-state index in [1.165, 1.54) is 37.5 Å². The number of nitro groups is 1. The lowest BCUT2D eigenvalue weighted by Crippen LogP contribution is -2.31. The van der Waals surface area contributed by atoms with Crippen LogP contribution >= 0.6 is 27.5 Å². The predicted octanol–water partition coefficient (Wildman–Crippen LogP) is 5.74. The number of hydrogen-bond donors (Lipinski definition) is 2. The average molecular weight is 545 g/mol. The molecular weight excluding hydrogens is 526 g/mol. The van der Waals surface area contributed by atoms with E-state index in [0.29, 0.717) is 26.5 Å². The van der Waals surface area contributed by atoms with Crippen molar-refractivity contribution in [3.05, 3.63) is 103 Å². The number of ether oxygens (including phenoxy) is 1. The number of hydrogen-bond acceptors (Lipinski definition) is 5. The number of nitrogens with zero attached hydrogens (tertiary/aromatic N) is 1. The number of amides is 2. The fraction of sp³-hybridized carbons (Fsp3) is 0.0833. The van der Waals surface area contributed by atoms with Gasteiger partial charge in [-0.1, -0.05) is 33.6 Å². The molecule has 0 fully saturated rings. The summed E-state index contributed by atoms with van der Waals surface area (Å²) >= 11 is 9.38. The average Bonchev–Trinajstić information content (AvgIpc) is 2.81. The number of halogens is 2. The Bertz CT molecular complexity index is 1290. The first-order chi connectivity index (χ1) is 16.2. The summed E-state index contributed by atoms with van der Waals surface area (Å²) in [7, 11) is 1.43. The molecule has 3 aromatic rings. The second-order valence-corrected chi connectivity index (χ2v) is 8.47. The number of methoxy groups -OCH3 is 1. The number of carbonyl (C=O) groups is 2. The van der Waals surface area contributed by atoms with E-state index in [0.717, 1.165) is 5.56 Å². The molecule has 2 N–H and O–H groups in total. The number of aryl methyl sites for hydroxylation is 1. The summed E-state index contributed by atoms with van der Waals surface area (Å²) in [5.41, 5.74) is 1.74. The molecule has 0 aliphatic heterocycles. The minimum atomic E-state index is -0.606. The van der Waals surface area contributed by atoms with Crippen molar-refractivity contribution in [1.29, 1.82) is 0 Å². The van der Waals surface area contributed by atoms with Gasteiger partial charge in [0.25, 0.3) is 17.5 Å². The van der Waals surface area contributed by atoms with Crippen molar-refractivity contribution in [3.8, 4) is 5.75 Å². The fourth-order valence-electron chi connectivity index (χ4n) is 2.98. The highest BCUT2D eigenvalue weighted by molar-refractivity contribution is 9.10. The summed E-state index contributed by atoms with van der Waals surface area (Å²) in [6.07, 6.45) is 1.42. The third-order valence-corrected chi connectivity index (χ3v) is 5.49. The molecule has 0 atom stereocenters. The number of anilines is 1. The van der Waals surface area contributed by atoms with Gasteiger partial charge in [0.05, 0.1) is 17.6 Å². The smallest absolute Gasteiger partial charge is 0.272 e. The Morgan fingerprint density at radius 3 is 2.44 bits per heavy atom. The van der Waals surface area contributed by atoms with E-state index in [9.17, 15) is 19.7 Å². The molecule has 0 saturated carbocycles. The van der Waals surface area contributed by atoms with Gasteiger partial charge in [-0.25, -0.2) is 0 Å². The highest BCUT2D eigenvalue weighted by atomic mass is 79.9. The van der Waals surface area contributed by atoms with Crippen LogP contribution in [0.2, 0.25) is 5.02 Å². The fourth-order valence-corrected chi connectivity index (χ4v) is 3.52.